The molecule has 3 heteroatoms. The van der Waals surface area contributed by atoms with Gasteiger partial charge in [0.25, 0.3) is 0 Å². The fourth-order valence-electron chi connectivity index (χ4n) is 1.34. The van der Waals surface area contributed by atoms with Crippen LogP contribution in [0.25, 0.3) is 0 Å². The van der Waals surface area contributed by atoms with Crippen LogP contribution in [0, 0.1) is 5.92 Å². The second kappa shape index (κ2) is 2.86. The van der Waals surface area contributed by atoms with Crippen LogP contribution in [0.5, 0.6) is 0 Å². The van der Waals surface area contributed by atoms with Gasteiger partial charge < -0.3 is 15.3 Å². The molecule has 1 saturated carbocycles. The molecule has 0 aromatic rings. The van der Waals surface area contributed by atoms with E-state index in [-0.39, 0.29) is 5.92 Å². The average Bonchev–Trinajstić information content (AvgIpc) is 1.93. The summed E-state index contributed by atoms with van der Waals surface area (Å²) < 4.78 is 0. The van der Waals surface area contributed by atoms with Gasteiger partial charge in [-0.1, -0.05) is 6.92 Å². The normalized spacial score (nSPS) is 49.2. The quantitative estimate of drug-likeness (QED) is 0.431. The molecule has 0 saturated heterocycles. The van der Waals surface area contributed by atoms with Crippen LogP contribution in [-0.4, -0.2) is 33.6 Å². The Morgan fingerprint density at radius 3 is 2.10 bits per heavy atom. The summed E-state index contributed by atoms with van der Waals surface area (Å²) in [4.78, 5) is 0. The summed E-state index contributed by atoms with van der Waals surface area (Å²) in [6, 6.07) is 0. The van der Waals surface area contributed by atoms with Crippen molar-refractivity contribution in [3.8, 4) is 0 Å². The lowest BCUT2D eigenvalue weighted by Crippen LogP contribution is -2.45. The lowest BCUT2D eigenvalue weighted by atomic mass is 9.84. The highest BCUT2D eigenvalue weighted by atomic mass is 16.4. The van der Waals surface area contributed by atoms with E-state index in [1.807, 2.05) is 6.92 Å². The molecule has 0 heterocycles. The van der Waals surface area contributed by atoms with Gasteiger partial charge in [0.15, 0.2) is 0 Å². The van der Waals surface area contributed by atoms with Crippen LogP contribution in [0.15, 0.2) is 0 Å². The Kier molecular flexibility index (Phi) is 2.28. The molecule has 0 aromatic carbocycles. The zero-order chi connectivity index (χ0) is 7.72. The molecule has 3 nitrogen and oxygen atoms in total. The highest BCUT2D eigenvalue weighted by molar-refractivity contribution is 4.84. The van der Waals surface area contributed by atoms with Gasteiger partial charge in [0, 0.05) is 0 Å². The first kappa shape index (κ1) is 7.98. The zero-order valence-electron chi connectivity index (χ0n) is 6.07. The predicted molar refractivity (Wildman–Crippen MR) is 36.4 cm³/mol. The van der Waals surface area contributed by atoms with Crippen LogP contribution < -0.4 is 0 Å². The van der Waals surface area contributed by atoms with Crippen molar-refractivity contribution in [2.45, 2.75) is 38.1 Å². The van der Waals surface area contributed by atoms with E-state index < -0.39 is 18.3 Å². The van der Waals surface area contributed by atoms with E-state index in [1.165, 1.54) is 0 Å². The zero-order valence-corrected chi connectivity index (χ0v) is 6.07. The number of rotatable bonds is 0. The van der Waals surface area contributed by atoms with Crippen LogP contribution >= 0.6 is 0 Å². The smallest absolute Gasteiger partial charge is 0.106 e. The van der Waals surface area contributed by atoms with Crippen LogP contribution in [0.4, 0.5) is 0 Å². The highest BCUT2D eigenvalue weighted by Gasteiger charge is 2.33. The monoisotopic (exact) mass is 146 g/mol. The van der Waals surface area contributed by atoms with E-state index in [0.29, 0.717) is 6.42 Å². The predicted octanol–water partition coefficient (Wildman–Crippen LogP) is -0.501. The number of aliphatic hydroxyl groups is 3. The van der Waals surface area contributed by atoms with E-state index in [1.54, 1.807) is 0 Å². The van der Waals surface area contributed by atoms with Crippen LogP contribution in [0.2, 0.25) is 0 Å². The molecule has 0 aromatic heterocycles. The van der Waals surface area contributed by atoms with Crippen molar-refractivity contribution >= 4 is 0 Å². The first-order valence-corrected chi connectivity index (χ1v) is 3.67. The summed E-state index contributed by atoms with van der Waals surface area (Å²) in [5.41, 5.74) is 0. The molecule has 1 aliphatic rings. The minimum Gasteiger partial charge on any atom is -0.390 e. The van der Waals surface area contributed by atoms with Gasteiger partial charge in [0.05, 0.1) is 12.2 Å². The van der Waals surface area contributed by atoms with E-state index in [4.69, 9.17) is 10.2 Å². The molecule has 0 bridgehead atoms. The maximum atomic E-state index is 9.21. The van der Waals surface area contributed by atoms with E-state index in [2.05, 4.69) is 0 Å². The fraction of sp³-hybridized carbons (Fsp3) is 1.00. The molecule has 10 heavy (non-hydrogen) atoms. The van der Waals surface area contributed by atoms with Crippen molar-refractivity contribution in [3.63, 3.8) is 0 Å². The molecule has 4 atom stereocenters. The third-order valence-electron chi connectivity index (χ3n) is 2.24. The summed E-state index contributed by atoms with van der Waals surface area (Å²) in [5, 5.41) is 27.4. The summed E-state index contributed by atoms with van der Waals surface area (Å²) in [6.45, 7) is 1.87. The van der Waals surface area contributed by atoms with E-state index >= 15 is 0 Å². The molecule has 3 N–H and O–H groups in total. The SMILES string of the molecule is CC1CCC(O)C(O)C1O. The Morgan fingerprint density at radius 2 is 1.60 bits per heavy atom. The van der Waals surface area contributed by atoms with Crippen molar-refractivity contribution in [1.29, 1.82) is 0 Å². The summed E-state index contributed by atoms with van der Waals surface area (Å²) in [6.07, 6.45) is -1.03. The topological polar surface area (TPSA) is 60.7 Å². The van der Waals surface area contributed by atoms with Gasteiger partial charge in [-0.15, -0.1) is 0 Å². The van der Waals surface area contributed by atoms with E-state index in [9.17, 15) is 5.11 Å². The summed E-state index contributed by atoms with van der Waals surface area (Å²) in [7, 11) is 0. The number of aliphatic hydroxyl groups excluding tert-OH is 3. The van der Waals surface area contributed by atoms with E-state index in [0.717, 1.165) is 6.42 Å². The molecule has 1 rings (SSSR count). The molecule has 0 spiro atoms. The molecule has 1 aliphatic carbocycles. The van der Waals surface area contributed by atoms with Crippen molar-refractivity contribution in [1.82, 2.24) is 0 Å². The molecule has 1 fully saturated rings. The Hall–Kier alpha value is -0.120. The second-order valence-corrected chi connectivity index (χ2v) is 3.10. The van der Waals surface area contributed by atoms with Crippen molar-refractivity contribution < 1.29 is 15.3 Å². The maximum absolute atomic E-state index is 9.21. The Balaban J connectivity index is 2.52. The van der Waals surface area contributed by atoms with Crippen LogP contribution in [0.3, 0.4) is 0 Å². The lowest BCUT2D eigenvalue weighted by Gasteiger charge is -2.32. The third kappa shape index (κ3) is 1.31. The standard InChI is InChI=1S/C7H14O3/c1-4-2-3-5(8)7(10)6(4)9/h4-10H,2-3H2,1H3. The maximum Gasteiger partial charge on any atom is 0.106 e. The fourth-order valence-corrected chi connectivity index (χ4v) is 1.34. The van der Waals surface area contributed by atoms with Gasteiger partial charge >= 0.3 is 0 Å². The lowest BCUT2D eigenvalue weighted by molar-refractivity contribution is -0.106. The minimum atomic E-state index is -0.941. The van der Waals surface area contributed by atoms with Gasteiger partial charge in [-0.25, -0.2) is 0 Å². The van der Waals surface area contributed by atoms with Crippen molar-refractivity contribution in [2.75, 3.05) is 0 Å². The molecule has 60 valence electrons. The Labute approximate surface area is 60.3 Å². The summed E-state index contributed by atoms with van der Waals surface area (Å²) in [5.74, 6) is 0.110. The van der Waals surface area contributed by atoms with Gasteiger partial charge in [-0.2, -0.15) is 0 Å². The highest BCUT2D eigenvalue weighted by Crippen LogP contribution is 2.24. The second-order valence-electron chi connectivity index (χ2n) is 3.10. The molecule has 0 amide bonds. The molecule has 0 aliphatic heterocycles. The number of hydrogen-bond acceptors (Lipinski definition) is 3. The van der Waals surface area contributed by atoms with Crippen LogP contribution in [-0.2, 0) is 0 Å². The molecular weight excluding hydrogens is 132 g/mol. The van der Waals surface area contributed by atoms with Crippen molar-refractivity contribution in [3.05, 3.63) is 0 Å². The average molecular weight is 146 g/mol. The molecule has 4 unspecified atom stereocenters. The van der Waals surface area contributed by atoms with Crippen molar-refractivity contribution in [2.24, 2.45) is 5.92 Å². The largest absolute Gasteiger partial charge is 0.390 e. The first-order valence-electron chi connectivity index (χ1n) is 3.67. The molecular formula is C7H14O3. The first-order chi connectivity index (χ1) is 4.63. The Morgan fingerprint density at radius 1 is 1.00 bits per heavy atom. The minimum absolute atomic E-state index is 0.110. The molecule has 0 radical (unpaired) electrons. The number of hydrogen-bond donors (Lipinski definition) is 3. The van der Waals surface area contributed by atoms with Gasteiger partial charge in [-0.05, 0) is 18.8 Å². The van der Waals surface area contributed by atoms with Gasteiger partial charge in [-0.3, -0.25) is 0 Å². The Bertz CT molecular complexity index is 101. The van der Waals surface area contributed by atoms with Crippen LogP contribution in [0.1, 0.15) is 19.8 Å². The third-order valence-corrected chi connectivity index (χ3v) is 2.24. The van der Waals surface area contributed by atoms with Gasteiger partial charge in [0.1, 0.15) is 6.10 Å². The van der Waals surface area contributed by atoms with Gasteiger partial charge in [0.2, 0.25) is 0 Å². The summed E-state index contributed by atoms with van der Waals surface area (Å²) >= 11 is 0.